The fourth-order valence-corrected chi connectivity index (χ4v) is 1.76. The minimum Gasteiger partial charge on any atom is -0.478 e. The molecule has 22 heavy (non-hydrogen) atoms. The van der Waals surface area contributed by atoms with Gasteiger partial charge in [0.2, 0.25) is 6.10 Å². The summed E-state index contributed by atoms with van der Waals surface area (Å²) in [5.74, 6) is -1.80. The van der Waals surface area contributed by atoms with E-state index in [2.05, 4.69) is 0 Å². The lowest BCUT2D eigenvalue weighted by Gasteiger charge is -2.16. The highest BCUT2D eigenvalue weighted by atomic mass is 19.4. The van der Waals surface area contributed by atoms with Crippen LogP contribution in [0.2, 0.25) is 0 Å². The molecular formula is C15H10F4O3. The van der Waals surface area contributed by atoms with Crippen LogP contribution in [0.5, 0.6) is 5.75 Å². The Balaban J connectivity index is 2.24. The molecule has 0 aliphatic carbocycles. The maximum absolute atomic E-state index is 12.8. The van der Waals surface area contributed by atoms with Crippen molar-refractivity contribution in [3.63, 3.8) is 0 Å². The van der Waals surface area contributed by atoms with Crippen LogP contribution in [-0.2, 0) is 11.0 Å². The normalized spacial score (nSPS) is 12.7. The molecule has 116 valence electrons. The third-order valence-corrected chi connectivity index (χ3v) is 2.83. The van der Waals surface area contributed by atoms with Crippen molar-refractivity contribution in [3.8, 4) is 5.75 Å². The summed E-state index contributed by atoms with van der Waals surface area (Å²) >= 11 is 0. The number of ether oxygens (including phenoxy) is 1. The van der Waals surface area contributed by atoms with Gasteiger partial charge in [0.1, 0.15) is 11.6 Å². The summed E-state index contributed by atoms with van der Waals surface area (Å²) in [7, 11) is 0. The average molecular weight is 314 g/mol. The second kappa shape index (κ2) is 6.05. The quantitative estimate of drug-likeness (QED) is 0.866. The third-order valence-electron chi connectivity index (χ3n) is 2.83. The molecule has 0 saturated heterocycles. The molecule has 0 aliphatic rings. The van der Waals surface area contributed by atoms with E-state index in [9.17, 15) is 22.4 Å². The molecule has 1 N–H and O–H groups in total. The number of carboxylic acid groups (broad SMARTS) is 1. The summed E-state index contributed by atoms with van der Waals surface area (Å²) in [6, 6.07) is 8.25. The Morgan fingerprint density at radius 1 is 1.00 bits per heavy atom. The van der Waals surface area contributed by atoms with Crippen molar-refractivity contribution in [2.45, 2.75) is 12.3 Å². The Labute approximate surface area is 122 Å². The molecule has 0 bridgehead atoms. The summed E-state index contributed by atoms with van der Waals surface area (Å²) in [5, 5.41) is 9.15. The molecule has 7 heteroatoms. The number of alkyl halides is 3. The molecular weight excluding hydrogens is 304 g/mol. The highest BCUT2D eigenvalue weighted by Crippen LogP contribution is 2.31. The Bertz CT molecular complexity index is 648. The van der Waals surface area contributed by atoms with Crippen molar-refractivity contribution in [1.29, 1.82) is 0 Å². The zero-order valence-electron chi connectivity index (χ0n) is 11.0. The van der Waals surface area contributed by atoms with Gasteiger partial charge in [0.05, 0.1) is 5.56 Å². The lowest BCUT2D eigenvalue weighted by molar-refractivity contribution is -0.145. The van der Waals surface area contributed by atoms with Crippen LogP contribution in [0.1, 0.15) is 17.2 Å². The number of hydrogen-bond acceptors (Lipinski definition) is 2. The van der Waals surface area contributed by atoms with Crippen LogP contribution < -0.4 is 4.74 Å². The SMILES string of the molecule is O=C(O)C(Oc1ccc(F)cc1)c1ccc(C(F)(F)F)cc1. The number of carboxylic acids is 1. The largest absolute Gasteiger partial charge is 0.478 e. The molecule has 2 aromatic rings. The molecule has 0 fully saturated rings. The van der Waals surface area contributed by atoms with Crippen molar-refractivity contribution < 1.29 is 32.2 Å². The summed E-state index contributed by atoms with van der Waals surface area (Å²) in [6.07, 6.45) is -6.00. The molecule has 0 aromatic heterocycles. The van der Waals surface area contributed by atoms with Gasteiger partial charge in [0.15, 0.2) is 0 Å². The summed E-state index contributed by atoms with van der Waals surface area (Å²) in [6.45, 7) is 0. The smallest absolute Gasteiger partial charge is 0.416 e. The number of halogens is 4. The van der Waals surface area contributed by atoms with Gasteiger partial charge < -0.3 is 9.84 Å². The molecule has 1 unspecified atom stereocenters. The van der Waals surface area contributed by atoms with Crippen LogP contribution in [0.4, 0.5) is 17.6 Å². The molecule has 2 rings (SSSR count). The van der Waals surface area contributed by atoms with Crippen LogP contribution in [0, 0.1) is 5.82 Å². The molecule has 2 aromatic carbocycles. The van der Waals surface area contributed by atoms with E-state index in [0.717, 1.165) is 36.4 Å². The zero-order chi connectivity index (χ0) is 16.3. The minimum atomic E-state index is -4.50. The van der Waals surface area contributed by atoms with Gasteiger partial charge in [-0.2, -0.15) is 13.2 Å². The van der Waals surface area contributed by atoms with E-state index in [4.69, 9.17) is 9.84 Å². The molecule has 0 spiro atoms. The van der Waals surface area contributed by atoms with Crippen molar-refractivity contribution in [2.75, 3.05) is 0 Å². The molecule has 0 amide bonds. The van der Waals surface area contributed by atoms with E-state index in [1.54, 1.807) is 0 Å². The number of rotatable bonds is 4. The predicted molar refractivity (Wildman–Crippen MR) is 68.8 cm³/mol. The van der Waals surface area contributed by atoms with Crippen molar-refractivity contribution in [2.24, 2.45) is 0 Å². The minimum absolute atomic E-state index is 0.0461. The highest BCUT2D eigenvalue weighted by Gasteiger charge is 2.31. The van der Waals surface area contributed by atoms with Crippen LogP contribution in [0.25, 0.3) is 0 Å². The fraction of sp³-hybridized carbons (Fsp3) is 0.133. The third kappa shape index (κ3) is 3.75. The van der Waals surface area contributed by atoms with Gasteiger partial charge >= 0.3 is 12.1 Å². The summed E-state index contributed by atoms with van der Waals surface area (Å²) < 4.78 is 55.4. The second-order valence-electron chi connectivity index (χ2n) is 4.41. The van der Waals surface area contributed by atoms with Crippen LogP contribution >= 0.6 is 0 Å². The first-order valence-corrected chi connectivity index (χ1v) is 6.09. The predicted octanol–water partition coefficient (Wildman–Crippen LogP) is 4.05. The molecule has 1 atom stereocenters. The van der Waals surface area contributed by atoms with Crippen molar-refractivity contribution in [1.82, 2.24) is 0 Å². The molecule has 0 radical (unpaired) electrons. The van der Waals surface area contributed by atoms with Crippen LogP contribution in [0.15, 0.2) is 48.5 Å². The van der Waals surface area contributed by atoms with E-state index < -0.39 is 29.6 Å². The first-order chi connectivity index (χ1) is 10.3. The summed E-state index contributed by atoms with van der Waals surface area (Å²) in [4.78, 5) is 11.2. The zero-order valence-corrected chi connectivity index (χ0v) is 11.0. The van der Waals surface area contributed by atoms with E-state index in [-0.39, 0.29) is 11.3 Å². The van der Waals surface area contributed by atoms with Gasteiger partial charge in [-0.05, 0) is 36.4 Å². The standard InChI is InChI=1S/C15H10F4O3/c16-11-5-7-12(8-6-11)22-13(14(20)21)9-1-3-10(4-2-9)15(17,18)19/h1-8,13H,(H,20,21). The van der Waals surface area contributed by atoms with Crippen LogP contribution in [-0.4, -0.2) is 11.1 Å². The first-order valence-electron chi connectivity index (χ1n) is 6.09. The number of aliphatic carboxylic acids is 1. The van der Waals surface area contributed by atoms with Gasteiger partial charge in [-0.15, -0.1) is 0 Å². The molecule has 3 nitrogen and oxygen atoms in total. The van der Waals surface area contributed by atoms with E-state index in [1.165, 1.54) is 12.1 Å². The number of carbonyl (C=O) groups is 1. The average Bonchev–Trinajstić information content (AvgIpc) is 2.45. The maximum atomic E-state index is 12.8. The van der Waals surface area contributed by atoms with Crippen molar-refractivity contribution in [3.05, 3.63) is 65.5 Å². The van der Waals surface area contributed by atoms with Gasteiger partial charge in [0.25, 0.3) is 0 Å². The molecule has 0 saturated carbocycles. The Morgan fingerprint density at radius 3 is 2.00 bits per heavy atom. The van der Waals surface area contributed by atoms with E-state index in [0.29, 0.717) is 0 Å². The van der Waals surface area contributed by atoms with E-state index in [1.807, 2.05) is 0 Å². The monoisotopic (exact) mass is 314 g/mol. The Morgan fingerprint density at radius 2 is 1.55 bits per heavy atom. The fourth-order valence-electron chi connectivity index (χ4n) is 1.76. The molecule has 0 heterocycles. The highest BCUT2D eigenvalue weighted by molar-refractivity contribution is 5.74. The number of benzene rings is 2. The maximum Gasteiger partial charge on any atom is 0.416 e. The lowest BCUT2D eigenvalue weighted by atomic mass is 10.1. The van der Waals surface area contributed by atoms with Gasteiger partial charge in [-0.1, -0.05) is 12.1 Å². The first kappa shape index (κ1) is 15.8. The van der Waals surface area contributed by atoms with Gasteiger partial charge in [-0.3, -0.25) is 0 Å². The topological polar surface area (TPSA) is 46.5 Å². The number of hydrogen-bond donors (Lipinski definition) is 1. The van der Waals surface area contributed by atoms with Crippen LogP contribution in [0.3, 0.4) is 0 Å². The second-order valence-corrected chi connectivity index (χ2v) is 4.41. The van der Waals surface area contributed by atoms with E-state index >= 15 is 0 Å². The lowest BCUT2D eigenvalue weighted by Crippen LogP contribution is -2.18. The summed E-state index contributed by atoms with van der Waals surface area (Å²) in [5.41, 5.74) is -0.841. The Hall–Kier alpha value is -2.57. The van der Waals surface area contributed by atoms with Gasteiger partial charge in [-0.25, -0.2) is 9.18 Å². The molecule has 0 aliphatic heterocycles. The van der Waals surface area contributed by atoms with Crippen molar-refractivity contribution >= 4 is 5.97 Å². The Kier molecular flexibility index (Phi) is 4.35. The van der Waals surface area contributed by atoms with Gasteiger partial charge in [0, 0.05) is 5.56 Å².